The van der Waals surface area contributed by atoms with Crippen molar-refractivity contribution in [2.24, 2.45) is 0 Å². The van der Waals surface area contributed by atoms with E-state index in [9.17, 15) is 9.59 Å². The Kier molecular flexibility index (Phi) is 4.50. The van der Waals surface area contributed by atoms with E-state index in [4.69, 9.17) is 5.73 Å². The number of nitrogens with zero attached hydrogens (tertiary/aromatic N) is 2. The summed E-state index contributed by atoms with van der Waals surface area (Å²) in [7, 11) is 1.55. The number of anilines is 1. The maximum atomic E-state index is 11.8. The van der Waals surface area contributed by atoms with Crippen LogP contribution in [0.1, 0.15) is 23.8 Å². The van der Waals surface area contributed by atoms with Crippen molar-refractivity contribution >= 4 is 17.5 Å². The van der Waals surface area contributed by atoms with E-state index in [1.807, 2.05) is 6.92 Å². The summed E-state index contributed by atoms with van der Waals surface area (Å²) in [5, 5.41) is 9.07. The fourth-order valence-electron chi connectivity index (χ4n) is 1.39. The molecule has 1 heterocycles. The molecule has 0 bridgehead atoms. The Morgan fingerprint density at radius 3 is 2.82 bits per heavy atom. The molecule has 0 saturated carbocycles. The topological polar surface area (TPSA) is 102 Å². The van der Waals surface area contributed by atoms with Crippen LogP contribution in [0.2, 0.25) is 0 Å². The predicted octanol–water partition coefficient (Wildman–Crippen LogP) is -0.649. The van der Waals surface area contributed by atoms with Crippen LogP contribution < -0.4 is 16.4 Å². The molecule has 7 nitrogen and oxygen atoms in total. The Labute approximate surface area is 99.4 Å². The maximum absolute atomic E-state index is 11.8. The quantitative estimate of drug-likeness (QED) is 0.635. The van der Waals surface area contributed by atoms with Crippen LogP contribution in [0, 0.1) is 0 Å². The number of nitrogens with one attached hydrogen (secondary N) is 2. The van der Waals surface area contributed by atoms with E-state index in [-0.39, 0.29) is 24.8 Å². The van der Waals surface area contributed by atoms with Crippen LogP contribution >= 0.6 is 0 Å². The van der Waals surface area contributed by atoms with Gasteiger partial charge in [-0.1, -0.05) is 0 Å². The third-order valence-corrected chi connectivity index (χ3v) is 2.30. The summed E-state index contributed by atoms with van der Waals surface area (Å²) >= 11 is 0. The highest BCUT2D eigenvalue weighted by Crippen LogP contribution is 2.10. The Morgan fingerprint density at radius 1 is 1.53 bits per heavy atom. The first kappa shape index (κ1) is 13.0. The van der Waals surface area contributed by atoms with Gasteiger partial charge in [0, 0.05) is 26.6 Å². The van der Waals surface area contributed by atoms with Gasteiger partial charge in [-0.05, 0) is 6.92 Å². The highest BCUT2D eigenvalue weighted by molar-refractivity contribution is 5.97. The first-order valence-electron chi connectivity index (χ1n) is 5.40. The molecule has 4 N–H and O–H groups in total. The number of hydrogen-bond acceptors (Lipinski definition) is 4. The van der Waals surface area contributed by atoms with Crippen LogP contribution in [0.4, 0.5) is 5.69 Å². The molecule has 0 fully saturated rings. The number of carbonyl (C=O) groups is 2. The summed E-state index contributed by atoms with van der Waals surface area (Å²) in [5.41, 5.74) is 6.33. The predicted molar refractivity (Wildman–Crippen MR) is 63.3 cm³/mol. The van der Waals surface area contributed by atoms with E-state index in [2.05, 4.69) is 15.7 Å². The monoisotopic (exact) mass is 239 g/mol. The van der Waals surface area contributed by atoms with Crippen molar-refractivity contribution in [1.29, 1.82) is 0 Å². The first-order chi connectivity index (χ1) is 8.10. The van der Waals surface area contributed by atoms with Crippen molar-refractivity contribution in [2.75, 3.05) is 19.3 Å². The number of aromatic nitrogens is 2. The molecule has 0 aliphatic rings. The Hall–Kier alpha value is -2.05. The highest BCUT2D eigenvalue weighted by Gasteiger charge is 2.15. The van der Waals surface area contributed by atoms with Gasteiger partial charge in [-0.3, -0.25) is 14.3 Å². The van der Waals surface area contributed by atoms with Gasteiger partial charge < -0.3 is 16.4 Å². The average Bonchev–Trinajstić information content (AvgIpc) is 2.69. The second-order valence-corrected chi connectivity index (χ2v) is 3.44. The van der Waals surface area contributed by atoms with Gasteiger partial charge >= 0.3 is 0 Å². The molecule has 0 saturated heterocycles. The molecule has 1 rings (SSSR count). The fourth-order valence-corrected chi connectivity index (χ4v) is 1.39. The van der Waals surface area contributed by atoms with Crippen molar-refractivity contribution in [1.82, 2.24) is 20.4 Å². The van der Waals surface area contributed by atoms with Crippen LogP contribution in [0.3, 0.4) is 0 Å². The minimum absolute atomic E-state index is 0.123. The fraction of sp³-hybridized carbons (Fsp3) is 0.500. The Bertz CT molecular complexity index is 413. The lowest BCUT2D eigenvalue weighted by Crippen LogP contribution is -2.31. The van der Waals surface area contributed by atoms with Crippen molar-refractivity contribution in [3.05, 3.63) is 11.9 Å². The number of nitrogens with two attached hydrogens (primary N) is 1. The van der Waals surface area contributed by atoms with Gasteiger partial charge in [-0.2, -0.15) is 5.10 Å². The Morgan fingerprint density at radius 2 is 2.24 bits per heavy atom. The lowest BCUT2D eigenvalue weighted by Gasteiger charge is -2.07. The third-order valence-electron chi connectivity index (χ3n) is 2.30. The zero-order chi connectivity index (χ0) is 12.8. The minimum atomic E-state index is -0.314. The van der Waals surface area contributed by atoms with Gasteiger partial charge in [0.2, 0.25) is 5.91 Å². The molecule has 0 atom stereocenters. The molecule has 1 aromatic rings. The van der Waals surface area contributed by atoms with Crippen molar-refractivity contribution in [3.63, 3.8) is 0 Å². The molecule has 94 valence electrons. The molecular weight excluding hydrogens is 222 g/mol. The normalized spacial score (nSPS) is 10.0. The van der Waals surface area contributed by atoms with E-state index >= 15 is 0 Å². The summed E-state index contributed by atoms with van der Waals surface area (Å²) in [6, 6.07) is 0. The SMILES string of the molecule is CCn1ncc(N)c1C(=O)NCCC(=O)NC. The average molecular weight is 239 g/mol. The molecule has 0 aliphatic carbocycles. The van der Waals surface area contributed by atoms with E-state index in [1.165, 1.54) is 10.9 Å². The van der Waals surface area contributed by atoms with E-state index in [0.717, 1.165) is 0 Å². The second-order valence-electron chi connectivity index (χ2n) is 3.44. The molecular formula is C10H17N5O2. The molecule has 0 aromatic carbocycles. The number of rotatable bonds is 5. The minimum Gasteiger partial charge on any atom is -0.396 e. The zero-order valence-corrected chi connectivity index (χ0v) is 9.99. The van der Waals surface area contributed by atoms with Gasteiger partial charge in [0.05, 0.1) is 11.9 Å². The molecule has 0 unspecified atom stereocenters. The van der Waals surface area contributed by atoms with Crippen LogP contribution in [0.15, 0.2) is 6.20 Å². The van der Waals surface area contributed by atoms with Crippen LogP contribution in [0.5, 0.6) is 0 Å². The largest absolute Gasteiger partial charge is 0.396 e. The molecule has 1 aromatic heterocycles. The van der Waals surface area contributed by atoms with Crippen LogP contribution in [-0.2, 0) is 11.3 Å². The third kappa shape index (κ3) is 3.20. The highest BCUT2D eigenvalue weighted by atomic mass is 16.2. The smallest absolute Gasteiger partial charge is 0.271 e. The molecule has 7 heteroatoms. The van der Waals surface area contributed by atoms with Gasteiger partial charge in [-0.25, -0.2) is 0 Å². The van der Waals surface area contributed by atoms with E-state index in [1.54, 1.807) is 7.05 Å². The molecule has 17 heavy (non-hydrogen) atoms. The lowest BCUT2D eigenvalue weighted by molar-refractivity contribution is -0.120. The van der Waals surface area contributed by atoms with Gasteiger partial charge in [0.15, 0.2) is 0 Å². The number of carbonyl (C=O) groups excluding carboxylic acids is 2. The molecule has 0 spiro atoms. The van der Waals surface area contributed by atoms with Gasteiger partial charge in [0.25, 0.3) is 5.91 Å². The number of amides is 2. The van der Waals surface area contributed by atoms with Crippen molar-refractivity contribution < 1.29 is 9.59 Å². The van der Waals surface area contributed by atoms with Crippen molar-refractivity contribution in [2.45, 2.75) is 19.9 Å². The second kappa shape index (κ2) is 5.88. The molecule has 0 aliphatic heterocycles. The summed E-state index contributed by atoms with van der Waals surface area (Å²) in [6.07, 6.45) is 1.68. The first-order valence-corrected chi connectivity index (χ1v) is 5.40. The summed E-state index contributed by atoms with van der Waals surface area (Å²) < 4.78 is 1.52. The number of hydrogen-bond donors (Lipinski definition) is 3. The van der Waals surface area contributed by atoms with Crippen LogP contribution in [0.25, 0.3) is 0 Å². The van der Waals surface area contributed by atoms with E-state index < -0.39 is 0 Å². The Balaban J connectivity index is 2.58. The van der Waals surface area contributed by atoms with Crippen LogP contribution in [-0.4, -0.2) is 35.2 Å². The standard InChI is InChI=1S/C10H17N5O2/c1-3-15-9(7(11)6-14-15)10(17)13-5-4-8(16)12-2/h6H,3-5,11H2,1-2H3,(H,12,16)(H,13,17). The maximum Gasteiger partial charge on any atom is 0.271 e. The zero-order valence-electron chi connectivity index (χ0n) is 9.99. The summed E-state index contributed by atoms with van der Waals surface area (Å²) in [4.78, 5) is 22.8. The summed E-state index contributed by atoms with van der Waals surface area (Å²) in [5.74, 6) is -0.437. The van der Waals surface area contributed by atoms with Gasteiger partial charge in [-0.15, -0.1) is 0 Å². The number of nitrogen functional groups attached to an aromatic ring is 1. The van der Waals surface area contributed by atoms with Gasteiger partial charge in [0.1, 0.15) is 5.69 Å². The lowest BCUT2D eigenvalue weighted by atomic mass is 10.3. The number of aryl methyl sites for hydroxylation is 1. The molecule has 0 radical (unpaired) electrons. The van der Waals surface area contributed by atoms with Crippen molar-refractivity contribution in [3.8, 4) is 0 Å². The summed E-state index contributed by atoms with van der Waals surface area (Å²) in [6.45, 7) is 2.70. The molecule has 2 amide bonds. The van der Waals surface area contributed by atoms with E-state index in [0.29, 0.717) is 17.9 Å².